The van der Waals surface area contributed by atoms with Crippen LogP contribution in [0.5, 0.6) is 0 Å². The second kappa shape index (κ2) is 9.32. The zero-order valence-electron chi connectivity index (χ0n) is 13.0. The molecule has 0 aromatic rings. The lowest BCUT2D eigenvalue weighted by Crippen LogP contribution is -2.52. The lowest BCUT2D eigenvalue weighted by Gasteiger charge is -2.33. The van der Waals surface area contributed by atoms with Crippen molar-refractivity contribution in [2.24, 2.45) is 0 Å². The van der Waals surface area contributed by atoms with Crippen molar-refractivity contribution in [2.45, 2.75) is 52.5 Å². The van der Waals surface area contributed by atoms with Crippen LogP contribution < -0.4 is 5.32 Å². The molecule has 112 valence electrons. The third kappa shape index (κ3) is 6.39. The van der Waals surface area contributed by atoms with Gasteiger partial charge in [-0.25, -0.2) is 0 Å². The Labute approximate surface area is 118 Å². The third-order valence-electron chi connectivity index (χ3n) is 3.73. The maximum Gasteiger partial charge on any atom is 0.236 e. The summed E-state index contributed by atoms with van der Waals surface area (Å²) in [4.78, 5) is 16.7. The predicted octanol–water partition coefficient (Wildman–Crippen LogP) is 1.71. The van der Waals surface area contributed by atoms with Gasteiger partial charge in [-0.1, -0.05) is 26.7 Å². The Morgan fingerprint density at radius 1 is 1.26 bits per heavy atom. The SMILES string of the molecule is CCCCN(CCCC)C(=O)CN1CCN[C@H](C)C1. The summed E-state index contributed by atoms with van der Waals surface area (Å²) in [5.74, 6) is 0.316. The Morgan fingerprint density at radius 3 is 2.42 bits per heavy atom. The molecule has 0 aliphatic carbocycles. The predicted molar refractivity (Wildman–Crippen MR) is 80.3 cm³/mol. The number of piperazine rings is 1. The van der Waals surface area contributed by atoms with E-state index in [1.807, 2.05) is 0 Å². The molecule has 1 amide bonds. The zero-order chi connectivity index (χ0) is 14.1. The minimum Gasteiger partial charge on any atom is -0.342 e. The minimum atomic E-state index is 0.316. The molecule has 1 N–H and O–H groups in total. The van der Waals surface area contributed by atoms with Crippen molar-refractivity contribution >= 4 is 5.91 Å². The standard InChI is InChI=1S/C15H31N3O/c1-4-6-9-18(10-7-5-2)15(19)13-17-11-8-16-14(3)12-17/h14,16H,4-13H2,1-3H3/t14-/m1/s1. The fourth-order valence-corrected chi connectivity index (χ4v) is 2.51. The number of hydrogen-bond acceptors (Lipinski definition) is 3. The van der Waals surface area contributed by atoms with Crippen LogP contribution in [0.1, 0.15) is 46.5 Å². The van der Waals surface area contributed by atoms with Gasteiger partial charge in [0, 0.05) is 38.8 Å². The molecule has 0 aromatic carbocycles. The Bertz CT molecular complexity index is 250. The molecule has 0 radical (unpaired) electrons. The molecule has 1 fully saturated rings. The Balaban J connectivity index is 2.40. The second-order valence-electron chi connectivity index (χ2n) is 5.68. The molecule has 1 saturated heterocycles. The first-order valence-corrected chi connectivity index (χ1v) is 7.90. The van der Waals surface area contributed by atoms with E-state index < -0.39 is 0 Å². The molecule has 1 rings (SSSR count). The highest BCUT2D eigenvalue weighted by atomic mass is 16.2. The highest BCUT2D eigenvalue weighted by Crippen LogP contribution is 2.04. The highest BCUT2D eigenvalue weighted by Gasteiger charge is 2.20. The molecule has 1 aliphatic heterocycles. The van der Waals surface area contributed by atoms with Gasteiger partial charge in [0.05, 0.1) is 6.54 Å². The number of carbonyl (C=O) groups excluding carboxylic acids is 1. The summed E-state index contributed by atoms with van der Waals surface area (Å²) < 4.78 is 0. The average Bonchev–Trinajstić information content (AvgIpc) is 2.38. The van der Waals surface area contributed by atoms with E-state index in [0.717, 1.165) is 58.4 Å². The van der Waals surface area contributed by atoms with Crippen LogP contribution in [-0.2, 0) is 4.79 Å². The molecule has 1 aliphatic rings. The van der Waals surface area contributed by atoms with Crippen LogP contribution in [0.4, 0.5) is 0 Å². The first kappa shape index (κ1) is 16.4. The van der Waals surface area contributed by atoms with E-state index in [1.54, 1.807) is 0 Å². The number of nitrogens with one attached hydrogen (secondary N) is 1. The zero-order valence-corrected chi connectivity index (χ0v) is 13.0. The molecular formula is C15H31N3O. The normalized spacial score (nSPS) is 20.5. The summed E-state index contributed by atoms with van der Waals surface area (Å²) in [5.41, 5.74) is 0. The Hall–Kier alpha value is -0.610. The number of nitrogens with zero attached hydrogens (tertiary/aromatic N) is 2. The van der Waals surface area contributed by atoms with Crippen LogP contribution in [0.3, 0.4) is 0 Å². The topological polar surface area (TPSA) is 35.6 Å². The first-order chi connectivity index (χ1) is 9.17. The van der Waals surface area contributed by atoms with Crippen LogP contribution in [-0.4, -0.2) is 61.0 Å². The fourth-order valence-electron chi connectivity index (χ4n) is 2.51. The molecule has 0 bridgehead atoms. The van der Waals surface area contributed by atoms with Gasteiger partial charge in [0.15, 0.2) is 0 Å². The van der Waals surface area contributed by atoms with Crippen LogP contribution in [0.2, 0.25) is 0 Å². The van der Waals surface area contributed by atoms with Crippen molar-refractivity contribution in [3.05, 3.63) is 0 Å². The van der Waals surface area contributed by atoms with Crippen LogP contribution >= 0.6 is 0 Å². The quantitative estimate of drug-likeness (QED) is 0.728. The van der Waals surface area contributed by atoms with Gasteiger partial charge in [-0.05, 0) is 19.8 Å². The molecule has 19 heavy (non-hydrogen) atoms. The Morgan fingerprint density at radius 2 is 1.89 bits per heavy atom. The molecule has 1 atom stereocenters. The van der Waals surface area contributed by atoms with E-state index in [1.165, 1.54) is 0 Å². The minimum absolute atomic E-state index is 0.316. The molecule has 0 spiro atoms. The van der Waals surface area contributed by atoms with Gasteiger partial charge in [-0.2, -0.15) is 0 Å². The summed E-state index contributed by atoms with van der Waals surface area (Å²) in [6.45, 7) is 12.0. The smallest absolute Gasteiger partial charge is 0.236 e. The van der Waals surface area contributed by atoms with E-state index in [0.29, 0.717) is 18.5 Å². The molecule has 1 heterocycles. The molecule has 0 saturated carbocycles. The van der Waals surface area contributed by atoms with Crippen LogP contribution in [0, 0.1) is 0 Å². The van der Waals surface area contributed by atoms with Gasteiger partial charge in [-0.3, -0.25) is 9.69 Å². The summed E-state index contributed by atoms with van der Waals surface area (Å²) in [6.07, 6.45) is 4.54. The molecule has 4 nitrogen and oxygen atoms in total. The average molecular weight is 269 g/mol. The second-order valence-corrected chi connectivity index (χ2v) is 5.68. The fraction of sp³-hybridized carbons (Fsp3) is 0.933. The van der Waals surface area contributed by atoms with Crippen LogP contribution in [0.25, 0.3) is 0 Å². The van der Waals surface area contributed by atoms with Crippen molar-refractivity contribution in [2.75, 3.05) is 39.3 Å². The maximum absolute atomic E-state index is 12.4. The molecule has 0 unspecified atom stereocenters. The molecule has 0 aromatic heterocycles. The largest absolute Gasteiger partial charge is 0.342 e. The van der Waals surface area contributed by atoms with E-state index in [-0.39, 0.29) is 0 Å². The molecule has 4 heteroatoms. The van der Waals surface area contributed by atoms with Crippen molar-refractivity contribution in [3.8, 4) is 0 Å². The van der Waals surface area contributed by atoms with E-state index >= 15 is 0 Å². The summed E-state index contributed by atoms with van der Waals surface area (Å²) in [6, 6.07) is 0.501. The number of carbonyl (C=O) groups is 1. The highest BCUT2D eigenvalue weighted by molar-refractivity contribution is 5.78. The van der Waals surface area contributed by atoms with Gasteiger partial charge < -0.3 is 10.2 Å². The first-order valence-electron chi connectivity index (χ1n) is 7.90. The molecular weight excluding hydrogens is 238 g/mol. The Kier molecular flexibility index (Phi) is 8.07. The number of rotatable bonds is 8. The van der Waals surface area contributed by atoms with Crippen molar-refractivity contribution in [1.82, 2.24) is 15.1 Å². The summed E-state index contributed by atoms with van der Waals surface area (Å²) in [7, 11) is 0. The monoisotopic (exact) mass is 269 g/mol. The number of hydrogen-bond donors (Lipinski definition) is 1. The van der Waals surface area contributed by atoms with E-state index in [2.05, 4.69) is 35.9 Å². The number of unbranched alkanes of at least 4 members (excludes halogenated alkanes) is 2. The van der Waals surface area contributed by atoms with Crippen molar-refractivity contribution in [3.63, 3.8) is 0 Å². The van der Waals surface area contributed by atoms with Crippen molar-refractivity contribution in [1.29, 1.82) is 0 Å². The van der Waals surface area contributed by atoms with Gasteiger partial charge in [0.1, 0.15) is 0 Å². The lowest BCUT2D eigenvalue weighted by atomic mass is 10.2. The third-order valence-corrected chi connectivity index (χ3v) is 3.73. The number of amides is 1. The summed E-state index contributed by atoms with van der Waals surface area (Å²) in [5, 5.41) is 3.42. The van der Waals surface area contributed by atoms with Gasteiger partial charge in [0.2, 0.25) is 5.91 Å². The van der Waals surface area contributed by atoms with E-state index in [9.17, 15) is 4.79 Å². The van der Waals surface area contributed by atoms with Gasteiger partial charge in [0.25, 0.3) is 0 Å². The van der Waals surface area contributed by atoms with Crippen LogP contribution in [0.15, 0.2) is 0 Å². The van der Waals surface area contributed by atoms with Gasteiger partial charge >= 0.3 is 0 Å². The van der Waals surface area contributed by atoms with Gasteiger partial charge in [-0.15, -0.1) is 0 Å². The van der Waals surface area contributed by atoms with Crippen molar-refractivity contribution < 1.29 is 4.79 Å². The lowest BCUT2D eigenvalue weighted by molar-refractivity contribution is -0.132. The maximum atomic E-state index is 12.4. The summed E-state index contributed by atoms with van der Waals surface area (Å²) >= 11 is 0. The van der Waals surface area contributed by atoms with E-state index in [4.69, 9.17) is 0 Å².